The molecule has 1 nitrogen and oxygen atoms in total. The van der Waals surface area contributed by atoms with Crippen LogP contribution < -0.4 is 0 Å². The van der Waals surface area contributed by atoms with Crippen LogP contribution in [0.5, 0.6) is 0 Å². The molecule has 0 aromatic heterocycles. The van der Waals surface area contributed by atoms with Crippen LogP contribution >= 0.6 is 0 Å². The Bertz CT molecular complexity index is 96.4. The molecule has 1 aliphatic heterocycles. The highest BCUT2D eigenvalue weighted by atomic mass is 15.2. The SMILES string of the molecule is CC(C)C.CCN1CCCC1C. The van der Waals surface area contributed by atoms with Crippen molar-refractivity contribution in [1.82, 2.24) is 4.90 Å². The van der Waals surface area contributed by atoms with Crippen molar-refractivity contribution in [1.29, 1.82) is 0 Å². The molecule has 74 valence electrons. The molecule has 1 fully saturated rings. The van der Waals surface area contributed by atoms with E-state index in [1.165, 1.54) is 25.9 Å². The number of likely N-dealkylation sites (tertiary alicyclic amines) is 1. The van der Waals surface area contributed by atoms with Crippen molar-refractivity contribution in [2.24, 2.45) is 5.92 Å². The zero-order chi connectivity index (χ0) is 9.56. The highest BCUT2D eigenvalue weighted by Crippen LogP contribution is 2.14. The first-order valence-electron chi connectivity index (χ1n) is 5.32. The molecule has 0 N–H and O–H groups in total. The molecule has 0 aromatic rings. The highest BCUT2D eigenvalue weighted by Gasteiger charge is 2.16. The molecule has 1 heteroatoms. The van der Waals surface area contributed by atoms with Crippen molar-refractivity contribution in [3.8, 4) is 0 Å². The van der Waals surface area contributed by atoms with Crippen LogP contribution in [0.15, 0.2) is 0 Å². The first kappa shape index (κ1) is 12.0. The predicted octanol–water partition coefficient (Wildman–Crippen LogP) is 3.15. The summed E-state index contributed by atoms with van der Waals surface area (Å²) in [6, 6.07) is 0.861. The van der Waals surface area contributed by atoms with Gasteiger partial charge in [-0.3, -0.25) is 0 Å². The van der Waals surface area contributed by atoms with Crippen LogP contribution in [0.4, 0.5) is 0 Å². The second kappa shape index (κ2) is 6.47. The summed E-state index contributed by atoms with van der Waals surface area (Å²) in [5, 5.41) is 0. The van der Waals surface area contributed by atoms with Crippen LogP contribution in [-0.4, -0.2) is 24.0 Å². The largest absolute Gasteiger partial charge is 0.301 e. The fraction of sp³-hybridized carbons (Fsp3) is 1.00. The molecule has 1 rings (SSSR count). The van der Waals surface area contributed by atoms with Gasteiger partial charge in [-0.05, 0) is 38.8 Å². The van der Waals surface area contributed by atoms with E-state index in [1.807, 2.05) is 0 Å². The molecule has 1 aliphatic rings. The van der Waals surface area contributed by atoms with Crippen molar-refractivity contribution in [2.45, 2.75) is 53.5 Å². The lowest BCUT2D eigenvalue weighted by Crippen LogP contribution is -2.25. The Balaban J connectivity index is 0.000000261. The van der Waals surface area contributed by atoms with Gasteiger partial charge in [0.25, 0.3) is 0 Å². The zero-order valence-electron chi connectivity index (χ0n) is 9.43. The minimum atomic E-state index is 0.833. The molecule has 12 heavy (non-hydrogen) atoms. The average molecular weight is 171 g/mol. The molecule has 0 amide bonds. The van der Waals surface area contributed by atoms with Crippen molar-refractivity contribution in [3.05, 3.63) is 0 Å². The molecule has 0 radical (unpaired) electrons. The van der Waals surface area contributed by atoms with Crippen LogP contribution in [0.3, 0.4) is 0 Å². The molecule has 0 bridgehead atoms. The summed E-state index contributed by atoms with van der Waals surface area (Å²) in [4.78, 5) is 2.53. The summed E-state index contributed by atoms with van der Waals surface area (Å²) in [6.07, 6.45) is 2.82. The summed E-state index contributed by atoms with van der Waals surface area (Å²) in [7, 11) is 0. The van der Waals surface area contributed by atoms with Gasteiger partial charge in [0.05, 0.1) is 0 Å². The Labute approximate surface area is 78.1 Å². The molecule has 0 aliphatic carbocycles. The van der Waals surface area contributed by atoms with Gasteiger partial charge in [0.2, 0.25) is 0 Å². The van der Waals surface area contributed by atoms with Crippen LogP contribution in [-0.2, 0) is 0 Å². The molecular formula is C11H25N. The van der Waals surface area contributed by atoms with E-state index in [9.17, 15) is 0 Å². The lowest BCUT2D eigenvalue weighted by Gasteiger charge is -2.17. The monoisotopic (exact) mass is 171 g/mol. The van der Waals surface area contributed by atoms with Crippen LogP contribution in [0.1, 0.15) is 47.5 Å². The Hall–Kier alpha value is -0.0400. The molecule has 0 saturated carbocycles. The van der Waals surface area contributed by atoms with E-state index in [4.69, 9.17) is 0 Å². The average Bonchev–Trinajstić information content (AvgIpc) is 2.33. The van der Waals surface area contributed by atoms with Gasteiger partial charge in [-0.2, -0.15) is 0 Å². The summed E-state index contributed by atoms with van der Waals surface area (Å²) in [5.41, 5.74) is 0. The lowest BCUT2D eigenvalue weighted by atomic mass is 10.2. The number of nitrogens with zero attached hydrogens (tertiary/aromatic N) is 1. The van der Waals surface area contributed by atoms with Gasteiger partial charge in [0, 0.05) is 6.04 Å². The zero-order valence-corrected chi connectivity index (χ0v) is 9.43. The van der Waals surface area contributed by atoms with Crippen molar-refractivity contribution >= 4 is 0 Å². The summed E-state index contributed by atoms with van der Waals surface area (Å²) < 4.78 is 0. The Morgan fingerprint density at radius 2 is 1.83 bits per heavy atom. The van der Waals surface area contributed by atoms with E-state index in [0.717, 1.165) is 12.0 Å². The molecule has 0 aromatic carbocycles. The fourth-order valence-electron chi connectivity index (χ4n) is 1.46. The second-order valence-corrected chi connectivity index (χ2v) is 4.35. The number of hydrogen-bond acceptors (Lipinski definition) is 1. The number of rotatable bonds is 1. The van der Waals surface area contributed by atoms with E-state index in [1.54, 1.807) is 0 Å². The lowest BCUT2D eigenvalue weighted by molar-refractivity contribution is 0.284. The van der Waals surface area contributed by atoms with Crippen LogP contribution in [0.25, 0.3) is 0 Å². The van der Waals surface area contributed by atoms with Crippen molar-refractivity contribution < 1.29 is 0 Å². The van der Waals surface area contributed by atoms with E-state index < -0.39 is 0 Å². The van der Waals surface area contributed by atoms with Gasteiger partial charge in [-0.15, -0.1) is 0 Å². The van der Waals surface area contributed by atoms with Gasteiger partial charge in [-0.1, -0.05) is 27.7 Å². The third kappa shape index (κ3) is 5.59. The third-order valence-corrected chi connectivity index (χ3v) is 2.10. The van der Waals surface area contributed by atoms with E-state index in [0.29, 0.717) is 0 Å². The first-order chi connectivity index (χ1) is 5.57. The standard InChI is InChI=1S/C7H15N.C4H10/c1-3-8-6-4-5-7(8)2;1-4(2)3/h7H,3-6H2,1-2H3;4H,1-3H3. The van der Waals surface area contributed by atoms with E-state index in [2.05, 4.69) is 39.5 Å². The summed E-state index contributed by atoms with van der Waals surface area (Å²) in [5.74, 6) is 0.833. The second-order valence-electron chi connectivity index (χ2n) is 4.35. The minimum absolute atomic E-state index is 0.833. The van der Waals surface area contributed by atoms with Gasteiger partial charge in [-0.25, -0.2) is 0 Å². The Morgan fingerprint density at radius 3 is 2.00 bits per heavy atom. The van der Waals surface area contributed by atoms with E-state index >= 15 is 0 Å². The summed E-state index contributed by atoms with van der Waals surface area (Å²) in [6.45, 7) is 13.6. The summed E-state index contributed by atoms with van der Waals surface area (Å²) >= 11 is 0. The molecule has 1 heterocycles. The normalized spacial score (nSPS) is 24.0. The van der Waals surface area contributed by atoms with Gasteiger partial charge >= 0.3 is 0 Å². The molecule has 0 spiro atoms. The maximum Gasteiger partial charge on any atom is 0.00672 e. The Morgan fingerprint density at radius 1 is 1.33 bits per heavy atom. The molecule has 1 atom stereocenters. The predicted molar refractivity (Wildman–Crippen MR) is 56.5 cm³/mol. The third-order valence-electron chi connectivity index (χ3n) is 2.10. The maximum atomic E-state index is 2.53. The molecule has 1 unspecified atom stereocenters. The van der Waals surface area contributed by atoms with Crippen LogP contribution in [0.2, 0.25) is 0 Å². The topological polar surface area (TPSA) is 3.24 Å². The van der Waals surface area contributed by atoms with Gasteiger partial charge < -0.3 is 4.90 Å². The molecular weight excluding hydrogens is 146 g/mol. The van der Waals surface area contributed by atoms with Crippen molar-refractivity contribution in [2.75, 3.05) is 13.1 Å². The quantitative estimate of drug-likeness (QED) is 0.586. The van der Waals surface area contributed by atoms with Crippen molar-refractivity contribution in [3.63, 3.8) is 0 Å². The van der Waals surface area contributed by atoms with Gasteiger partial charge in [0.1, 0.15) is 0 Å². The van der Waals surface area contributed by atoms with Crippen LogP contribution in [0, 0.1) is 5.92 Å². The Kier molecular flexibility index (Phi) is 6.45. The number of hydrogen-bond donors (Lipinski definition) is 0. The fourth-order valence-corrected chi connectivity index (χ4v) is 1.46. The highest BCUT2D eigenvalue weighted by molar-refractivity contribution is 4.72. The van der Waals surface area contributed by atoms with Gasteiger partial charge in [0.15, 0.2) is 0 Å². The molecule has 1 saturated heterocycles. The first-order valence-corrected chi connectivity index (χ1v) is 5.32. The smallest absolute Gasteiger partial charge is 0.00672 e. The maximum absolute atomic E-state index is 2.53. The van der Waals surface area contributed by atoms with E-state index in [-0.39, 0.29) is 0 Å². The minimum Gasteiger partial charge on any atom is -0.301 e.